The molecule has 0 radical (unpaired) electrons. The quantitative estimate of drug-likeness (QED) is 0.697. The molecule has 1 amide bonds. The van der Waals surface area contributed by atoms with E-state index >= 15 is 0 Å². The summed E-state index contributed by atoms with van der Waals surface area (Å²) in [5.74, 6) is -0.0861. The molecule has 1 atom stereocenters. The summed E-state index contributed by atoms with van der Waals surface area (Å²) in [6, 6.07) is 15.6. The number of amides is 1. The number of benzene rings is 2. The van der Waals surface area contributed by atoms with Gasteiger partial charge in [-0.05, 0) is 36.6 Å². The second-order valence-corrected chi connectivity index (χ2v) is 7.67. The van der Waals surface area contributed by atoms with Crippen LogP contribution in [-0.4, -0.2) is 49.4 Å². The zero-order valence-corrected chi connectivity index (χ0v) is 17.3. The summed E-state index contributed by atoms with van der Waals surface area (Å²) in [6.45, 7) is 7.93. The average molecular weight is 395 g/mol. The fraction of sp³-hybridized carbons (Fsp3) is 0.417. The van der Waals surface area contributed by atoms with Gasteiger partial charge in [0.05, 0.1) is 19.3 Å². The Hall–Kier alpha value is -2.50. The topological polar surface area (TPSA) is 58.6 Å². The molecular formula is C24H30N2O3. The molecule has 1 fully saturated rings. The van der Waals surface area contributed by atoms with E-state index in [1.807, 2.05) is 62.4 Å². The number of morpholine rings is 1. The van der Waals surface area contributed by atoms with Crippen molar-refractivity contribution in [2.75, 3.05) is 32.8 Å². The van der Waals surface area contributed by atoms with E-state index < -0.39 is 0 Å². The second kappa shape index (κ2) is 10.3. The number of nitrogens with one attached hydrogen (secondary N) is 1. The minimum Gasteiger partial charge on any atom is -0.379 e. The van der Waals surface area contributed by atoms with E-state index in [1.54, 1.807) is 0 Å². The van der Waals surface area contributed by atoms with Crippen LogP contribution in [0.15, 0.2) is 48.5 Å². The van der Waals surface area contributed by atoms with Crippen LogP contribution in [0.2, 0.25) is 0 Å². The average Bonchev–Trinajstić information content (AvgIpc) is 2.75. The van der Waals surface area contributed by atoms with E-state index in [1.165, 1.54) is 0 Å². The molecule has 154 valence electrons. The van der Waals surface area contributed by atoms with Crippen molar-refractivity contribution >= 4 is 11.7 Å². The first-order valence-corrected chi connectivity index (χ1v) is 10.3. The maximum absolute atomic E-state index is 12.6. The lowest BCUT2D eigenvalue weighted by Gasteiger charge is -2.31. The van der Waals surface area contributed by atoms with Crippen molar-refractivity contribution < 1.29 is 14.3 Å². The Morgan fingerprint density at radius 1 is 1.00 bits per heavy atom. The number of ether oxygens (including phenoxy) is 1. The minimum atomic E-state index is -0.0986. The molecule has 5 heteroatoms. The maximum atomic E-state index is 12.6. The van der Waals surface area contributed by atoms with Crippen molar-refractivity contribution in [3.05, 3.63) is 70.8 Å². The van der Waals surface area contributed by atoms with Gasteiger partial charge in [-0.2, -0.15) is 0 Å². The van der Waals surface area contributed by atoms with Crippen molar-refractivity contribution in [3.63, 3.8) is 0 Å². The first-order valence-electron chi connectivity index (χ1n) is 10.3. The zero-order valence-electron chi connectivity index (χ0n) is 17.3. The highest BCUT2D eigenvalue weighted by molar-refractivity contribution is 5.98. The van der Waals surface area contributed by atoms with E-state index in [-0.39, 0.29) is 30.6 Å². The van der Waals surface area contributed by atoms with Gasteiger partial charge in [-0.25, -0.2) is 0 Å². The van der Waals surface area contributed by atoms with Crippen LogP contribution >= 0.6 is 0 Å². The standard InChI is InChI=1S/C24H30N2O3/c1-18-8-9-21(16-19(18)2)23(27)10-11-24(28)25-22(20-6-4-3-5-7-20)17-26-12-14-29-15-13-26/h3-9,16,22H,10-15,17H2,1-2H3,(H,25,28). The van der Waals surface area contributed by atoms with Crippen LogP contribution < -0.4 is 5.32 Å². The zero-order chi connectivity index (χ0) is 20.6. The number of hydrogen-bond acceptors (Lipinski definition) is 4. The number of ketones is 1. The van der Waals surface area contributed by atoms with Crippen molar-refractivity contribution in [3.8, 4) is 0 Å². The first kappa shape index (κ1) is 21.2. The third-order valence-corrected chi connectivity index (χ3v) is 5.49. The molecule has 0 aromatic heterocycles. The lowest BCUT2D eigenvalue weighted by atomic mass is 10.0. The maximum Gasteiger partial charge on any atom is 0.220 e. The van der Waals surface area contributed by atoms with Gasteiger partial charge >= 0.3 is 0 Å². The molecule has 2 aromatic rings. The molecule has 0 saturated carbocycles. The minimum absolute atomic E-state index is 0.00712. The fourth-order valence-electron chi connectivity index (χ4n) is 3.51. The Labute approximate surface area is 173 Å². The van der Waals surface area contributed by atoms with Gasteiger partial charge in [0.2, 0.25) is 5.91 Å². The lowest BCUT2D eigenvalue weighted by molar-refractivity contribution is -0.122. The van der Waals surface area contributed by atoms with Crippen molar-refractivity contribution in [2.45, 2.75) is 32.7 Å². The summed E-state index contributed by atoms with van der Waals surface area (Å²) in [5.41, 5.74) is 4.00. The molecule has 1 aliphatic heterocycles. The number of nitrogens with zero attached hydrogens (tertiary/aromatic N) is 1. The van der Waals surface area contributed by atoms with Gasteiger partial charge in [0.25, 0.3) is 0 Å². The summed E-state index contributed by atoms with van der Waals surface area (Å²) in [4.78, 5) is 27.4. The monoisotopic (exact) mass is 394 g/mol. The summed E-state index contributed by atoms with van der Waals surface area (Å²) >= 11 is 0. The smallest absolute Gasteiger partial charge is 0.220 e. The number of Topliss-reactive ketones (excluding diaryl/α,β-unsaturated/α-hetero) is 1. The molecular weight excluding hydrogens is 364 g/mol. The Kier molecular flexibility index (Phi) is 7.55. The predicted octanol–water partition coefficient (Wildman–Crippen LogP) is 3.46. The molecule has 0 aliphatic carbocycles. The highest BCUT2D eigenvalue weighted by atomic mass is 16.5. The number of carbonyl (C=O) groups excluding carboxylic acids is 2. The Balaban J connectivity index is 1.58. The van der Waals surface area contributed by atoms with Gasteiger partial charge in [-0.3, -0.25) is 14.5 Å². The van der Waals surface area contributed by atoms with E-state index in [4.69, 9.17) is 4.74 Å². The van der Waals surface area contributed by atoms with Crippen LogP contribution in [-0.2, 0) is 9.53 Å². The van der Waals surface area contributed by atoms with Crippen LogP contribution in [0, 0.1) is 13.8 Å². The predicted molar refractivity (Wildman–Crippen MR) is 114 cm³/mol. The number of hydrogen-bond donors (Lipinski definition) is 1. The highest BCUT2D eigenvalue weighted by Gasteiger charge is 2.20. The van der Waals surface area contributed by atoms with E-state index in [2.05, 4.69) is 10.2 Å². The molecule has 0 bridgehead atoms. The molecule has 2 aromatic carbocycles. The molecule has 3 rings (SSSR count). The van der Waals surface area contributed by atoms with Gasteiger partial charge in [0.1, 0.15) is 0 Å². The van der Waals surface area contributed by atoms with Crippen LogP contribution in [0.5, 0.6) is 0 Å². The van der Waals surface area contributed by atoms with Gasteiger partial charge in [0, 0.05) is 38.0 Å². The van der Waals surface area contributed by atoms with Gasteiger partial charge < -0.3 is 10.1 Å². The van der Waals surface area contributed by atoms with Crippen LogP contribution in [0.3, 0.4) is 0 Å². The summed E-state index contributed by atoms with van der Waals surface area (Å²) in [5, 5.41) is 3.13. The molecule has 29 heavy (non-hydrogen) atoms. The largest absolute Gasteiger partial charge is 0.379 e. The number of carbonyl (C=O) groups is 2. The van der Waals surface area contributed by atoms with Gasteiger partial charge in [-0.1, -0.05) is 42.5 Å². The Morgan fingerprint density at radius 2 is 1.72 bits per heavy atom. The highest BCUT2D eigenvalue weighted by Crippen LogP contribution is 2.17. The summed E-state index contributed by atoms with van der Waals surface area (Å²) < 4.78 is 5.42. The Bertz CT molecular complexity index is 829. The summed E-state index contributed by atoms with van der Waals surface area (Å²) in [6.07, 6.45) is 0.408. The summed E-state index contributed by atoms with van der Waals surface area (Å²) in [7, 11) is 0. The molecule has 1 heterocycles. The number of rotatable bonds is 8. The van der Waals surface area contributed by atoms with Crippen LogP contribution in [0.4, 0.5) is 0 Å². The van der Waals surface area contributed by atoms with Crippen molar-refractivity contribution in [1.82, 2.24) is 10.2 Å². The SMILES string of the molecule is Cc1ccc(C(=O)CCC(=O)NC(CN2CCOCC2)c2ccccc2)cc1C. The normalized spacial score (nSPS) is 15.7. The first-order chi connectivity index (χ1) is 14.0. The van der Waals surface area contributed by atoms with Crippen LogP contribution in [0.25, 0.3) is 0 Å². The third-order valence-electron chi connectivity index (χ3n) is 5.49. The fourth-order valence-corrected chi connectivity index (χ4v) is 3.51. The van der Waals surface area contributed by atoms with E-state index in [0.717, 1.165) is 49.5 Å². The van der Waals surface area contributed by atoms with Gasteiger partial charge in [-0.15, -0.1) is 0 Å². The van der Waals surface area contributed by atoms with Crippen molar-refractivity contribution in [1.29, 1.82) is 0 Å². The molecule has 1 unspecified atom stereocenters. The third kappa shape index (κ3) is 6.24. The molecule has 5 nitrogen and oxygen atoms in total. The van der Waals surface area contributed by atoms with Crippen molar-refractivity contribution in [2.24, 2.45) is 0 Å². The molecule has 1 N–H and O–H groups in total. The molecule has 0 spiro atoms. The van der Waals surface area contributed by atoms with Gasteiger partial charge in [0.15, 0.2) is 5.78 Å². The lowest BCUT2D eigenvalue weighted by Crippen LogP contribution is -2.43. The van der Waals surface area contributed by atoms with Crippen LogP contribution in [0.1, 0.15) is 45.9 Å². The molecule has 1 aliphatic rings. The number of aryl methyl sites for hydroxylation is 2. The van der Waals surface area contributed by atoms with E-state index in [0.29, 0.717) is 5.56 Å². The molecule has 1 saturated heterocycles. The second-order valence-electron chi connectivity index (χ2n) is 7.67. The Morgan fingerprint density at radius 3 is 2.41 bits per heavy atom. The van der Waals surface area contributed by atoms with E-state index in [9.17, 15) is 9.59 Å².